The maximum absolute atomic E-state index is 5.56. The molecular weight excluding hydrogens is 238 g/mol. The maximum Gasteiger partial charge on any atom is 0.0524 e. The van der Waals surface area contributed by atoms with Crippen molar-refractivity contribution >= 4 is 0 Å². The first-order chi connectivity index (χ1) is 9.36. The van der Waals surface area contributed by atoms with E-state index in [-0.39, 0.29) is 0 Å². The molecule has 0 aromatic carbocycles. The van der Waals surface area contributed by atoms with E-state index in [9.17, 15) is 0 Å². The van der Waals surface area contributed by atoms with Gasteiger partial charge in [-0.15, -0.1) is 0 Å². The third-order valence-corrected chi connectivity index (χ3v) is 4.72. The van der Waals surface area contributed by atoms with Crippen molar-refractivity contribution in [3.63, 3.8) is 0 Å². The largest absolute Gasteiger partial charge is 0.381 e. The highest BCUT2D eigenvalue weighted by atomic mass is 16.5. The molecule has 0 amide bonds. The van der Waals surface area contributed by atoms with Crippen LogP contribution in [0.1, 0.15) is 56.0 Å². The molecule has 4 nitrogen and oxygen atoms in total. The summed E-state index contributed by atoms with van der Waals surface area (Å²) in [5.41, 5.74) is 6.97. The van der Waals surface area contributed by atoms with Gasteiger partial charge in [0.1, 0.15) is 0 Å². The van der Waals surface area contributed by atoms with Crippen LogP contribution in [0.15, 0.2) is 12.4 Å². The molecule has 0 unspecified atom stereocenters. The first-order valence-corrected chi connectivity index (χ1v) is 7.68. The van der Waals surface area contributed by atoms with Crippen LogP contribution in [-0.2, 0) is 4.74 Å². The Bertz CT molecular complexity index is 392. The molecule has 0 radical (unpaired) electrons. The summed E-state index contributed by atoms with van der Waals surface area (Å²) in [5, 5.41) is 4.58. The Kier molecular flexibility index (Phi) is 4.18. The molecule has 0 bridgehead atoms. The maximum atomic E-state index is 5.56. The van der Waals surface area contributed by atoms with Gasteiger partial charge in [-0.25, -0.2) is 0 Å². The number of aromatic nitrogens is 2. The molecule has 2 aliphatic rings. The lowest BCUT2D eigenvalue weighted by atomic mass is 9.77. The molecule has 0 atom stereocenters. The first kappa shape index (κ1) is 13.1. The van der Waals surface area contributed by atoms with Gasteiger partial charge < -0.3 is 10.5 Å². The van der Waals surface area contributed by atoms with Gasteiger partial charge in [0.15, 0.2) is 0 Å². The highest BCUT2D eigenvalue weighted by Crippen LogP contribution is 2.40. The minimum atomic E-state index is 0.636. The molecule has 1 saturated carbocycles. The smallest absolute Gasteiger partial charge is 0.0524 e. The predicted octanol–water partition coefficient (Wildman–Crippen LogP) is 2.47. The molecule has 2 fully saturated rings. The van der Waals surface area contributed by atoms with E-state index in [4.69, 9.17) is 10.5 Å². The summed E-state index contributed by atoms with van der Waals surface area (Å²) in [5.74, 6) is 1.54. The van der Waals surface area contributed by atoms with Gasteiger partial charge >= 0.3 is 0 Å². The number of nitrogens with zero attached hydrogens (tertiary/aromatic N) is 2. The van der Waals surface area contributed by atoms with Crippen LogP contribution >= 0.6 is 0 Å². The van der Waals surface area contributed by atoms with Gasteiger partial charge in [0.25, 0.3) is 0 Å². The van der Waals surface area contributed by atoms with Crippen molar-refractivity contribution in [1.29, 1.82) is 0 Å². The normalized spacial score (nSPS) is 28.3. The van der Waals surface area contributed by atoms with E-state index in [2.05, 4.69) is 22.2 Å². The zero-order chi connectivity index (χ0) is 13.1. The fourth-order valence-corrected chi connectivity index (χ4v) is 3.35. The second-order valence-electron chi connectivity index (χ2n) is 6.06. The van der Waals surface area contributed by atoms with E-state index < -0.39 is 0 Å². The summed E-state index contributed by atoms with van der Waals surface area (Å²) in [7, 11) is 0. The van der Waals surface area contributed by atoms with E-state index in [0.29, 0.717) is 12.0 Å². The molecule has 1 aromatic heterocycles. The number of nitrogens with two attached hydrogens (primary N) is 1. The molecule has 1 aliphatic carbocycles. The van der Waals surface area contributed by atoms with E-state index in [0.717, 1.165) is 38.5 Å². The van der Waals surface area contributed by atoms with Crippen LogP contribution in [-0.4, -0.2) is 29.5 Å². The predicted molar refractivity (Wildman–Crippen MR) is 75.1 cm³/mol. The Balaban J connectivity index is 1.51. The van der Waals surface area contributed by atoms with Crippen LogP contribution in [0.4, 0.5) is 0 Å². The molecule has 1 aromatic rings. The van der Waals surface area contributed by atoms with Gasteiger partial charge in [0.05, 0.1) is 12.2 Å². The van der Waals surface area contributed by atoms with Crippen LogP contribution < -0.4 is 5.73 Å². The number of hydrogen-bond donors (Lipinski definition) is 1. The van der Waals surface area contributed by atoms with Crippen molar-refractivity contribution in [2.45, 2.75) is 50.5 Å². The van der Waals surface area contributed by atoms with Gasteiger partial charge in [0, 0.05) is 19.4 Å². The standard InChI is InChI=1S/C15H25N3O/c16-5-1-2-12-8-15(9-12)18-11-14(10-17-18)13-3-6-19-7-4-13/h10-13,15H,1-9,16H2. The average Bonchev–Trinajstić information content (AvgIpc) is 2.87. The zero-order valence-corrected chi connectivity index (χ0v) is 11.6. The van der Waals surface area contributed by atoms with Crippen LogP contribution in [0.5, 0.6) is 0 Å². The van der Waals surface area contributed by atoms with E-state index in [1.165, 1.54) is 31.2 Å². The van der Waals surface area contributed by atoms with Crippen molar-refractivity contribution in [3.05, 3.63) is 18.0 Å². The summed E-state index contributed by atoms with van der Waals surface area (Å²) < 4.78 is 7.62. The van der Waals surface area contributed by atoms with Gasteiger partial charge in [-0.3, -0.25) is 4.68 Å². The fraction of sp³-hybridized carbons (Fsp3) is 0.800. The van der Waals surface area contributed by atoms with E-state index >= 15 is 0 Å². The Morgan fingerprint density at radius 3 is 2.84 bits per heavy atom. The van der Waals surface area contributed by atoms with Crippen molar-refractivity contribution in [2.24, 2.45) is 11.7 Å². The molecule has 3 rings (SSSR count). The Hall–Kier alpha value is -0.870. The lowest BCUT2D eigenvalue weighted by molar-refractivity contribution is 0.0852. The Morgan fingerprint density at radius 2 is 2.11 bits per heavy atom. The minimum Gasteiger partial charge on any atom is -0.381 e. The molecular formula is C15H25N3O. The van der Waals surface area contributed by atoms with Crippen LogP contribution in [0.2, 0.25) is 0 Å². The Morgan fingerprint density at radius 1 is 1.32 bits per heavy atom. The van der Waals surface area contributed by atoms with Crippen molar-refractivity contribution < 1.29 is 4.74 Å². The van der Waals surface area contributed by atoms with Crippen molar-refractivity contribution in [2.75, 3.05) is 19.8 Å². The lowest BCUT2D eigenvalue weighted by Gasteiger charge is -2.35. The monoisotopic (exact) mass is 263 g/mol. The van der Waals surface area contributed by atoms with E-state index in [1.807, 2.05) is 0 Å². The van der Waals surface area contributed by atoms with Gasteiger partial charge in [-0.1, -0.05) is 0 Å². The molecule has 4 heteroatoms. The second kappa shape index (κ2) is 6.06. The van der Waals surface area contributed by atoms with Crippen LogP contribution in [0.3, 0.4) is 0 Å². The summed E-state index contributed by atoms with van der Waals surface area (Å²) >= 11 is 0. The summed E-state index contributed by atoms with van der Waals surface area (Å²) in [4.78, 5) is 0. The molecule has 0 spiro atoms. The zero-order valence-electron chi connectivity index (χ0n) is 11.6. The van der Waals surface area contributed by atoms with Crippen LogP contribution in [0.25, 0.3) is 0 Å². The highest BCUT2D eigenvalue weighted by Gasteiger charge is 2.30. The highest BCUT2D eigenvalue weighted by molar-refractivity contribution is 5.12. The van der Waals surface area contributed by atoms with Crippen LogP contribution in [0, 0.1) is 5.92 Å². The van der Waals surface area contributed by atoms with E-state index in [1.54, 1.807) is 0 Å². The van der Waals surface area contributed by atoms with Gasteiger partial charge in [0.2, 0.25) is 0 Å². The number of hydrogen-bond acceptors (Lipinski definition) is 3. The minimum absolute atomic E-state index is 0.636. The quantitative estimate of drug-likeness (QED) is 0.888. The average molecular weight is 263 g/mol. The SMILES string of the molecule is NCCCC1CC(n2cc(C3CCOCC3)cn2)C1. The number of ether oxygens (including phenoxy) is 1. The molecule has 2 N–H and O–H groups in total. The van der Waals surface area contributed by atoms with Gasteiger partial charge in [-0.2, -0.15) is 5.10 Å². The first-order valence-electron chi connectivity index (χ1n) is 7.68. The van der Waals surface area contributed by atoms with Crippen molar-refractivity contribution in [3.8, 4) is 0 Å². The fourth-order valence-electron chi connectivity index (χ4n) is 3.35. The molecule has 19 heavy (non-hydrogen) atoms. The molecule has 1 aliphatic heterocycles. The third-order valence-electron chi connectivity index (χ3n) is 4.72. The van der Waals surface area contributed by atoms with Crippen molar-refractivity contribution in [1.82, 2.24) is 9.78 Å². The number of rotatable bonds is 5. The molecule has 1 saturated heterocycles. The summed E-state index contributed by atoms with van der Waals surface area (Å²) in [6, 6.07) is 0.636. The molecule has 2 heterocycles. The molecule has 106 valence electrons. The van der Waals surface area contributed by atoms with Gasteiger partial charge in [-0.05, 0) is 62.5 Å². The summed E-state index contributed by atoms with van der Waals surface area (Å²) in [6.45, 7) is 2.64. The second-order valence-corrected chi connectivity index (χ2v) is 6.06. The Labute approximate surface area is 115 Å². The third kappa shape index (κ3) is 3.00. The topological polar surface area (TPSA) is 53.1 Å². The lowest BCUT2D eigenvalue weighted by Crippen LogP contribution is -2.27. The summed E-state index contributed by atoms with van der Waals surface area (Å²) in [6.07, 6.45) is 11.7.